The molecule has 0 atom stereocenters. The van der Waals surface area contributed by atoms with Crippen LogP contribution in [0, 0.1) is 0 Å². The third-order valence-electron chi connectivity index (χ3n) is 4.84. The van der Waals surface area contributed by atoms with E-state index in [1.807, 2.05) is 36.5 Å². The molecule has 1 N–H and O–H groups in total. The lowest BCUT2D eigenvalue weighted by Crippen LogP contribution is -2.28. The molecule has 0 aliphatic rings. The van der Waals surface area contributed by atoms with Crippen molar-refractivity contribution < 1.29 is 4.79 Å². The quantitative estimate of drug-likeness (QED) is 0.508. The molecule has 0 aliphatic carbocycles. The van der Waals surface area contributed by atoms with Gasteiger partial charge in [0, 0.05) is 48.2 Å². The lowest BCUT2D eigenvalue weighted by Gasteiger charge is -2.08. The van der Waals surface area contributed by atoms with Crippen molar-refractivity contribution in [2.24, 2.45) is 0 Å². The Morgan fingerprint density at radius 1 is 1.03 bits per heavy atom. The topological polar surface area (TPSA) is 81.8 Å². The maximum absolute atomic E-state index is 12.4. The first-order valence-electron chi connectivity index (χ1n) is 9.46. The largest absolute Gasteiger partial charge is 0.354 e. The summed E-state index contributed by atoms with van der Waals surface area (Å²) in [7, 11) is 0. The molecule has 2 heterocycles. The number of hydrogen-bond donors (Lipinski definition) is 1. The number of halogens is 1. The molecule has 0 saturated heterocycles. The van der Waals surface area contributed by atoms with Crippen molar-refractivity contribution in [2.75, 3.05) is 6.54 Å². The monoisotopic (exact) mass is 409 g/mol. The molecule has 148 valence electrons. The van der Waals surface area contributed by atoms with Gasteiger partial charge in [0.15, 0.2) is 0 Å². The molecule has 29 heavy (non-hydrogen) atoms. The van der Waals surface area contributed by atoms with E-state index in [4.69, 9.17) is 11.6 Å². The molecule has 0 spiro atoms. The number of aromatic nitrogens is 4. The molecule has 2 aromatic heterocycles. The molecular weight excluding hydrogens is 390 g/mol. The highest BCUT2D eigenvalue weighted by Gasteiger charge is 2.07. The van der Waals surface area contributed by atoms with Gasteiger partial charge in [0.2, 0.25) is 5.91 Å². The van der Waals surface area contributed by atoms with Crippen molar-refractivity contribution >= 4 is 39.3 Å². The van der Waals surface area contributed by atoms with Crippen LogP contribution < -0.4 is 10.9 Å². The third kappa shape index (κ3) is 4.14. The van der Waals surface area contributed by atoms with Crippen LogP contribution in [0.15, 0.2) is 59.5 Å². The fraction of sp³-hybridized carbons (Fsp3) is 0.238. The zero-order chi connectivity index (χ0) is 20.2. The molecule has 0 unspecified atom stereocenters. The van der Waals surface area contributed by atoms with Gasteiger partial charge in [-0.3, -0.25) is 9.59 Å². The van der Waals surface area contributed by atoms with E-state index in [0.717, 1.165) is 15.9 Å². The van der Waals surface area contributed by atoms with Crippen LogP contribution in [0.2, 0.25) is 5.02 Å². The lowest BCUT2D eigenvalue weighted by atomic mass is 10.2. The minimum absolute atomic E-state index is 0.0544. The van der Waals surface area contributed by atoms with Crippen molar-refractivity contribution in [3.05, 3.63) is 70.1 Å². The van der Waals surface area contributed by atoms with Gasteiger partial charge in [-0.2, -0.15) is 0 Å². The van der Waals surface area contributed by atoms with Gasteiger partial charge in [0.05, 0.1) is 5.39 Å². The standard InChI is InChI=1S/C21H20ClN5O2/c22-17-6-3-8-19-15(17)10-13-26(19)14-11-23-20(28)9-4-12-27-21(29)16-5-1-2-7-18(16)24-25-27/h1-3,5-8,10,13H,4,9,11-12,14H2,(H,23,28). The van der Waals surface area contributed by atoms with Crippen LogP contribution in [-0.2, 0) is 17.9 Å². The number of carbonyl (C=O) groups excluding carboxylic acids is 1. The summed E-state index contributed by atoms with van der Waals surface area (Å²) in [6.07, 6.45) is 2.80. The molecular formula is C21H20ClN5O2. The first-order chi connectivity index (χ1) is 14.1. The number of nitrogens with zero attached hydrogens (tertiary/aromatic N) is 4. The van der Waals surface area contributed by atoms with Gasteiger partial charge in [-0.1, -0.05) is 35.0 Å². The van der Waals surface area contributed by atoms with E-state index < -0.39 is 0 Å². The van der Waals surface area contributed by atoms with Gasteiger partial charge in [0.1, 0.15) is 5.52 Å². The van der Waals surface area contributed by atoms with Crippen molar-refractivity contribution in [1.82, 2.24) is 24.9 Å². The van der Waals surface area contributed by atoms with E-state index in [-0.39, 0.29) is 11.5 Å². The molecule has 2 aromatic carbocycles. The van der Waals surface area contributed by atoms with E-state index in [2.05, 4.69) is 20.2 Å². The number of amides is 1. The predicted molar refractivity (Wildman–Crippen MR) is 113 cm³/mol. The number of benzene rings is 2. The summed E-state index contributed by atoms with van der Waals surface area (Å²) in [6, 6.07) is 14.9. The van der Waals surface area contributed by atoms with E-state index in [9.17, 15) is 9.59 Å². The Morgan fingerprint density at radius 3 is 2.79 bits per heavy atom. The fourth-order valence-electron chi connectivity index (χ4n) is 3.34. The Kier molecular flexibility index (Phi) is 5.57. The SMILES string of the molecule is O=C(CCCn1nnc2ccccc2c1=O)NCCn1ccc2c(Cl)cccc21. The molecule has 8 heteroatoms. The Labute approximate surface area is 171 Å². The summed E-state index contributed by atoms with van der Waals surface area (Å²) >= 11 is 6.19. The Bertz CT molecular complexity index is 1230. The van der Waals surface area contributed by atoms with Gasteiger partial charge >= 0.3 is 0 Å². The number of aryl methyl sites for hydroxylation is 1. The van der Waals surface area contributed by atoms with Crippen LogP contribution >= 0.6 is 11.6 Å². The first-order valence-corrected chi connectivity index (χ1v) is 9.84. The summed E-state index contributed by atoms with van der Waals surface area (Å²) in [5.41, 5.74) is 1.43. The highest BCUT2D eigenvalue weighted by Crippen LogP contribution is 2.23. The average molecular weight is 410 g/mol. The Hall–Kier alpha value is -3.19. The van der Waals surface area contributed by atoms with Gasteiger partial charge in [0.25, 0.3) is 5.56 Å². The second-order valence-corrected chi connectivity index (χ2v) is 7.18. The average Bonchev–Trinajstić information content (AvgIpc) is 3.14. The first kappa shape index (κ1) is 19.1. The Balaban J connectivity index is 1.27. The van der Waals surface area contributed by atoms with Crippen LogP contribution in [-0.4, -0.2) is 32.0 Å². The van der Waals surface area contributed by atoms with Gasteiger partial charge in [-0.05, 0) is 36.8 Å². The maximum atomic E-state index is 12.4. The summed E-state index contributed by atoms with van der Waals surface area (Å²) in [5, 5.41) is 13.2. The molecule has 4 rings (SSSR count). The van der Waals surface area contributed by atoms with E-state index in [1.165, 1.54) is 4.68 Å². The van der Waals surface area contributed by atoms with E-state index in [1.54, 1.807) is 18.2 Å². The van der Waals surface area contributed by atoms with Crippen LogP contribution in [0.25, 0.3) is 21.8 Å². The number of rotatable bonds is 7. The number of fused-ring (bicyclic) bond motifs is 2. The van der Waals surface area contributed by atoms with Crippen LogP contribution in [0.1, 0.15) is 12.8 Å². The smallest absolute Gasteiger partial charge is 0.277 e. The molecule has 0 bridgehead atoms. The minimum atomic E-state index is -0.186. The zero-order valence-corrected chi connectivity index (χ0v) is 16.5. The zero-order valence-electron chi connectivity index (χ0n) is 15.7. The Morgan fingerprint density at radius 2 is 1.90 bits per heavy atom. The second-order valence-electron chi connectivity index (χ2n) is 6.77. The predicted octanol–water partition coefficient (Wildman–Crippen LogP) is 3.00. The van der Waals surface area contributed by atoms with Crippen LogP contribution in [0.5, 0.6) is 0 Å². The lowest BCUT2D eigenvalue weighted by molar-refractivity contribution is -0.121. The van der Waals surface area contributed by atoms with Crippen molar-refractivity contribution in [1.29, 1.82) is 0 Å². The normalized spacial score (nSPS) is 11.2. The van der Waals surface area contributed by atoms with Gasteiger partial charge < -0.3 is 9.88 Å². The molecule has 4 aromatic rings. The molecule has 1 amide bonds. The van der Waals surface area contributed by atoms with Crippen LogP contribution in [0.4, 0.5) is 0 Å². The highest BCUT2D eigenvalue weighted by atomic mass is 35.5. The molecule has 0 saturated carbocycles. The molecule has 7 nitrogen and oxygen atoms in total. The van der Waals surface area contributed by atoms with E-state index >= 15 is 0 Å². The molecule has 0 radical (unpaired) electrons. The van der Waals surface area contributed by atoms with Crippen molar-refractivity contribution in [3.8, 4) is 0 Å². The van der Waals surface area contributed by atoms with Crippen molar-refractivity contribution in [2.45, 2.75) is 25.9 Å². The highest BCUT2D eigenvalue weighted by molar-refractivity contribution is 6.35. The molecule has 0 aliphatic heterocycles. The number of carbonyl (C=O) groups is 1. The second kappa shape index (κ2) is 8.45. The summed E-state index contributed by atoms with van der Waals surface area (Å²) in [6.45, 7) is 1.53. The van der Waals surface area contributed by atoms with Gasteiger partial charge in [-0.15, -0.1) is 5.10 Å². The van der Waals surface area contributed by atoms with Gasteiger partial charge in [-0.25, -0.2) is 4.68 Å². The fourth-order valence-corrected chi connectivity index (χ4v) is 3.58. The maximum Gasteiger partial charge on any atom is 0.277 e. The minimum Gasteiger partial charge on any atom is -0.354 e. The summed E-state index contributed by atoms with van der Waals surface area (Å²) < 4.78 is 3.37. The van der Waals surface area contributed by atoms with Crippen molar-refractivity contribution in [3.63, 3.8) is 0 Å². The summed E-state index contributed by atoms with van der Waals surface area (Å²) in [5.74, 6) is -0.0544. The third-order valence-corrected chi connectivity index (χ3v) is 5.17. The number of hydrogen-bond acceptors (Lipinski definition) is 4. The van der Waals surface area contributed by atoms with Crippen LogP contribution in [0.3, 0.4) is 0 Å². The van der Waals surface area contributed by atoms with E-state index in [0.29, 0.717) is 43.4 Å². The summed E-state index contributed by atoms with van der Waals surface area (Å²) in [4.78, 5) is 24.5. The number of nitrogens with one attached hydrogen (secondary N) is 1. The molecule has 0 fully saturated rings.